The molecule has 1 aliphatic heterocycles. The van der Waals surface area contributed by atoms with Gasteiger partial charge in [0, 0.05) is 6.54 Å². The van der Waals surface area contributed by atoms with Gasteiger partial charge in [-0.1, -0.05) is 13.8 Å². The molecule has 0 aromatic heterocycles. The average Bonchev–Trinajstić information content (AvgIpc) is 2.26. The first-order valence-corrected chi connectivity index (χ1v) is 7.43. The van der Waals surface area contributed by atoms with Gasteiger partial charge in [-0.3, -0.25) is 0 Å². The Labute approximate surface area is 112 Å². The lowest BCUT2D eigenvalue weighted by Gasteiger charge is -2.51. The molecule has 1 spiro atoms. The summed E-state index contributed by atoms with van der Waals surface area (Å²) in [6, 6.07) is 0.355. The zero-order chi connectivity index (χ0) is 13.2. The Kier molecular flexibility index (Phi) is 4.35. The standard InChI is InChI=1S/C15H29NO2/c1-12(2)17-10-13-15(18-9-8-16-13)7-5-6-14(3,4)11-15/h12-13,16H,5-11H2,1-4H3. The number of hydrogen-bond donors (Lipinski definition) is 1. The molecule has 2 fully saturated rings. The molecule has 0 amide bonds. The van der Waals surface area contributed by atoms with Crippen LogP contribution in [0.4, 0.5) is 0 Å². The maximum Gasteiger partial charge on any atom is 0.0863 e. The van der Waals surface area contributed by atoms with Crippen LogP contribution in [0.5, 0.6) is 0 Å². The zero-order valence-electron chi connectivity index (χ0n) is 12.4. The topological polar surface area (TPSA) is 30.5 Å². The molecule has 1 heterocycles. The number of morpholine rings is 1. The van der Waals surface area contributed by atoms with Crippen LogP contribution in [0.2, 0.25) is 0 Å². The number of nitrogens with one attached hydrogen (secondary N) is 1. The molecular formula is C15H29NO2. The normalized spacial score (nSPS) is 36.2. The molecule has 0 aromatic rings. The van der Waals surface area contributed by atoms with Crippen LogP contribution >= 0.6 is 0 Å². The van der Waals surface area contributed by atoms with Crippen LogP contribution < -0.4 is 5.32 Å². The minimum absolute atomic E-state index is 0.00882. The summed E-state index contributed by atoms with van der Waals surface area (Å²) in [6.07, 6.45) is 5.21. The number of rotatable bonds is 3. The predicted octanol–water partition coefficient (Wildman–Crippen LogP) is 2.74. The van der Waals surface area contributed by atoms with Crippen molar-refractivity contribution in [3.05, 3.63) is 0 Å². The molecule has 1 saturated heterocycles. The van der Waals surface area contributed by atoms with Crippen LogP contribution in [0, 0.1) is 5.41 Å². The third-order valence-electron chi connectivity index (χ3n) is 4.34. The molecular weight excluding hydrogens is 226 g/mol. The van der Waals surface area contributed by atoms with E-state index in [1.807, 2.05) is 0 Å². The van der Waals surface area contributed by atoms with E-state index in [0.29, 0.717) is 17.6 Å². The van der Waals surface area contributed by atoms with Gasteiger partial charge in [0.1, 0.15) is 0 Å². The van der Waals surface area contributed by atoms with E-state index in [1.54, 1.807) is 0 Å². The van der Waals surface area contributed by atoms with E-state index in [0.717, 1.165) is 26.2 Å². The molecule has 1 N–H and O–H groups in total. The Morgan fingerprint density at radius 2 is 2.11 bits per heavy atom. The van der Waals surface area contributed by atoms with Gasteiger partial charge in [-0.2, -0.15) is 0 Å². The monoisotopic (exact) mass is 255 g/mol. The summed E-state index contributed by atoms with van der Waals surface area (Å²) in [7, 11) is 0. The summed E-state index contributed by atoms with van der Waals surface area (Å²) in [4.78, 5) is 0. The smallest absolute Gasteiger partial charge is 0.0863 e. The number of hydrogen-bond acceptors (Lipinski definition) is 3. The van der Waals surface area contributed by atoms with E-state index in [2.05, 4.69) is 33.0 Å². The first-order chi connectivity index (χ1) is 8.44. The van der Waals surface area contributed by atoms with E-state index in [9.17, 15) is 0 Å². The molecule has 0 bridgehead atoms. The van der Waals surface area contributed by atoms with Crippen LogP contribution in [-0.2, 0) is 9.47 Å². The highest BCUT2D eigenvalue weighted by Gasteiger charge is 2.47. The second kappa shape index (κ2) is 5.48. The highest BCUT2D eigenvalue weighted by molar-refractivity contribution is 5.02. The average molecular weight is 255 g/mol. The third-order valence-corrected chi connectivity index (χ3v) is 4.34. The lowest BCUT2D eigenvalue weighted by molar-refractivity contribution is -0.154. The molecule has 2 atom stereocenters. The molecule has 0 aromatic carbocycles. The van der Waals surface area contributed by atoms with Gasteiger partial charge in [0.05, 0.1) is 31.0 Å². The minimum Gasteiger partial charge on any atom is -0.377 e. The third kappa shape index (κ3) is 3.25. The van der Waals surface area contributed by atoms with Gasteiger partial charge in [-0.05, 0) is 44.9 Å². The quantitative estimate of drug-likeness (QED) is 0.841. The molecule has 0 radical (unpaired) electrons. The van der Waals surface area contributed by atoms with Gasteiger partial charge in [-0.15, -0.1) is 0 Å². The first kappa shape index (κ1) is 14.3. The van der Waals surface area contributed by atoms with Crippen LogP contribution in [0.25, 0.3) is 0 Å². The highest BCUT2D eigenvalue weighted by Crippen LogP contribution is 2.45. The summed E-state index contributed by atoms with van der Waals surface area (Å²) >= 11 is 0. The van der Waals surface area contributed by atoms with Crippen LogP contribution in [0.3, 0.4) is 0 Å². The fourth-order valence-corrected chi connectivity index (χ4v) is 3.55. The van der Waals surface area contributed by atoms with Crippen molar-refractivity contribution in [3.8, 4) is 0 Å². The molecule has 1 saturated carbocycles. The summed E-state index contributed by atoms with van der Waals surface area (Å²) < 4.78 is 12.1. The largest absolute Gasteiger partial charge is 0.377 e. The fourth-order valence-electron chi connectivity index (χ4n) is 3.55. The van der Waals surface area contributed by atoms with Crippen molar-refractivity contribution in [3.63, 3.8) is 0 Å². The van der Waals surface area contributed by atoms with Gasteiger partial charge in [0.15, 0.2) is 0 Å². The van der Waals surface area contributed by atoms with Crippen molar-refractivity contribution in [1.82, 2.24) is 5.32 Å². The van der Waals surface area contributed by atoms with Crippen molar-refractivity contribution in [2.75, 3.05) is 19.8 Å². The Morgan fingerprint density at radius 3 is 2.78 bits per heavy atom. The summed E-state index contributed by atoms with van der Waals surface area (Å²) in [5, 5.41) is 3.62. The van der Waals surface area contributed by atoms with E-state index >= 15 is 0 Å². The molecule has 106 valence electrons. The molecule has 2 aliphatic rings. The van der Waals surface area contributed by atoms with Crippen molar-refractivity contribution in [2.45, 2.75) is 71.1 Å². The van der Waals surface area contributed by atoms with Gasteiger partial charge in [-0.25, -0.2) is 0 Å². The van der Waals surface area contributed by atoms with Crippen molar-refractivity contribution in [2.24, 2.45) is 5.41 Å². The summed E-state index contributed by atoms with van der Waals surface area (Å²) in [5.41, 5.74) is 0.405. The second-order valence-corrected chi connectivity index (χ2v) is 7.00. The van der Waals surface area contributed by atoms with Gasteiger partial charge < -0.3 is 14.8 Å². The molecule has 18 heavy (non-hydrogen) atoms. The van der Waals surface area contributed by atoms with Gasteiger partial charge >= 0.3 is 0 Å². The van der Waals surface area contributed by atoms with Crippen LogP contribution in [-0.4, -0.2) is 37.5 Å². The first-order valence-electron chi connectivity index (χ1n) is 7.43. The molecule has 2 unspecified atom stereocenters. The maximum atomic E-state index is 6.24. The Bertz CT molecular complexity index is 274. The van der Waals surface area contributed by atoms with Crippen LogP contribution in [0.1, 0.15) is 53.4 Å². The zero-order valence-corrected chi connectivity index (χ0v) is 12.4. The van der Waals surface area contributed by atoms with E-state index in [-0.39, 0.29) is 5.60 Å². The lowest BCUT2D eigenvalue weighted by Crippen LogP contribution is -2.62. The molecule has 2 rings (SSSR count). The van der Waals surface area contributed by atoms with E-state index in [4.69, 9.17) is 9.47 Å². The summed E-state index contributed by atoms with van der Waals surface area (Å²) in [6.45, 7) is 11.5. The number of ether oxygens (including phenoxy) is 2. The van der Waals surface area contributed by atoms with Crippen molar-refractivity contribution < 1.29 is 9.47 Å². The molecule has 1 aliphatic carbocycles. The SMILES string of the molecule is CC(C)OCC1NCCOC12CCCC(C)(C)C2. The van der Waals surface area contributed by atoms with E-state index in [1.165, 1.54) is 19.3 Å². The Hall–Kier alpha value is -0.120. The predicted molar refractivity (Wildman–Crippen MR) is 73.8 cm³/mol. The molecule has 3 heteroatoms. The van der Waals surface area contributed by atoms with Crippen molar-refractivity contribution in [1.29, 1.82) is 0 Å². The summed E-state index contributed by atoms with van der Waals surface area (Å²) in [5.74, 6) is 0. The fraction of sp³-hybridized carbons (Fsp3) is 1.00. The Balaban J connectivity index is 2.05. The van der Waals surface area contributed by atoms with Crippen LogP contribution in [0.15, 0.2) is 0 Å². The van der Waals surface area contributed by atoms with Crippen molar-refractivity contribution >= 4 is 0 Å². The van der Waals surface area contributed by atoms with Gasteiger partial charge in [0.25, 0.3) is 0 Å². The Morgan fingerprint density at radius 1 is 1.33 bits per heavy atom. The lowest BCUT2D eigenvalue weighted by atomic mass is 9.67. The maximum absolute atomic E-state index is 6.24. The van der Waals surface area contributed by atoms with E-state index < -0.39 is 0 Å². The second-order valence-electron chi connectivity index (χ2n) is 7.00. The minimum atomic E-state index is 0.00882. The van der Waals surface area contributed by atoms with Gasteiger partial charge in [0.2, 0.25) is 0 Å². The highest BCUT2D eigenvalue weighted by atomic mass is 16.5. The molecule has 3 nitrogen and oxygen atoms in total.